The first kappa shape index (κ1) is 34.4. The third-order valence-electron chi connectivity index (χ3n) is 9.18. The van der Waals surface area contributed by atoms with E-state index in [0.717, 1.165) is 79.8 Å². The predicted molar refractivity (Wildman–Crippen MR) is 197 cm³/mol. The quantitative estimate of drug-likeness (QED) is 0.0826. The van der Waals surface area contributed by atoms with Crippen molar-refractivity contribution in [3.8, 4) is 28.6 Å². The van der Waals surface area contributed by atoms with Crippen LogP contribution < -0.4 is 0 Å². The molecule has 0 fully saturated rings. The first-order valence-electron chi connectivity index (χ1n) is 17.5. The summed E-state index contributed by atoms with van der Waals surface area (Å²) in [7, 11) is 0. The van der Waals surface area contributed by atoms with E-state index in [0.29, 0.717) is 23.4 Å². The second kappa shape index (κ2) is 16.8. The molecule has 2 aromatic carbocycles. The summed E-state index contributed by atoms with van der Waals surface area (Å²) < 4.78 is 5.11. The summed E-state index contributed by atoms with van der Waals surface area (Å²) in [6.07, 6.45) is 10.9. The lowest BCUT2D eigenvalue weighted by Crippen LogP contribution is -2.24. The SMILES string of the molecule is C=CCOC(=O)CCc1cnc(C#N)c(-c2ncc(-c3nc(CCCN(Cc4ccccc4)Cc4ccccc4)cc4c3CCC4)cc2C)c1. The number of aryl methyl sites for hydroxylation is 4. The Labute approximate surface area is 295 Å². The van der Waals surface area contributed by atoms with Crippen molar-refractivity contribution in [1.82, 2.24) is 19.9 Å². The van der Waals surface area contributed by atoms with Gasteiger partial charge in [-0.1, -0.05) is 73.3 Å². The molecule has 0 radical (unpaired) electrons. The molecule has 0 saturated carbocycles. The van der Waals surface area contributed by atoms with Crippen LogP contribution in [0.2, 0.25) is 0 Å². The second-order valence-electron chi connectivity index (χ2n) is 13.0. The van der Waals surface area contributed by atoms with Crippen molar-refractivity contribution in [2.24, 2.45) is 0 Å². The molecular weight excluding hydrogens is 619 g/mol. The number of fused-ring (bicyclic) bond motifs is 1. The van der Waals surface area contributed by atoms with E-state index >= 15 is 0 Å². The molecule has 0 saturated heterocycles. The Morgan fingerprint density at radius 2 is 1.66 bits per heavy atom. The van der Waals surface area contributed by atoms with Gasteiger partial charge in [-0.25, -0.2) is 4.98 Å². The highest BCUT2D eigenvalue weighted by Crippen LogP contribution is 2.34. The molecular formula is C43H43N5O2. The van der Waals surface area contributed by atoms with E-state index in [-0.39, 0.29) is 19.0 Å². The van der Waals surface area contributed by atoms with Gasteiger partial charge in [0.25, 0.3) is 0 Å². The number of nitriles is 1. The highest BCUT2D eigenvalue weighted by molar-refractivity contribution is 5.74. The fraction of sp³-hybridized carbons (Fsp3) is 0.279. The fourth-order valence-electron chi connectivity index (χ4n) is 6.76. The van der Waals surface area contributed by atoms with Gasteiger partial charge in [0.05, 0.1) is 11.4 Å². The number of pyridine rings is 3. The van der Waals surface area contributed by atoms with E-state index in [1.54, 1.807) is 12.3 Å². The Bertz CT molecular complexity index is 1940. The largest absolute Gasteiger partial charge is 0.461 e. The summed E-state index contributed by atoms with van der Waals surface area (Å²) in [6.45, 7) is 8.57. The normalized spacial score (nSPS) is 12.0. The number of carbonyl (C=O) groups excluding carboxylic acids is 1. The lowest BCUT2D eigenvalue weighted by Gasteiger charge is -2.23. The molecule has 0 unspecified atom stereocenters. The standard InChI is InChI=1S/C43H43N5O2/c1-3-22-50-41(49)20-19-34-24-39(40(26-44)45-27-34)42-31(2)23-36(28-46-42)43-38-18-10-16-35(38)25-37(47-43)17-11-21-48(29-32-12-6-4-7-13-32)30-33-14-8-5-9-15-33/h3-9,12-15,23-25,27-28H,1,10-11,16-22,29-30H2,2H3. The molecule has 7 nitrogen and oxygen atoms in total. The highest BCUT2D eigenvalue weighted by atomic mass is 16.5. The number of aromatic nitrogens is 3. The van der Waals surface area contributed by atoms with Crippen LogP contribution in [0, 0.1) is 18.3 Å². The minimum absolute atomic E-state index is 0.189. The van der Waals surface area contributed by atoms with Crippen LogP contribution in [0.15, 0.2) is 104 Å². The first-order chi connectivity index (χ1) is 24.5. The molecule has 5 aromatic rings. The zero-order valence-corrected chi connectivity index (χ0v) is 28.8. The summed E-state index contributed by atoms with van der Waals surface area (Å²) in [5, 5.41) is 9.86. The molecule has 0 bridgehead atoms. The van der Waals surface area contributed by atoms with Gasteiger partial charge < -0.3 is 4.74 Å². The molecule has 252 valence electrons. The summed E-state index contributed by atoms with van der Waals surface area (Å²) in [4.78, 5) is 29.1. The molecule has 6 rings (SSSR count). The zero-order valence-electron chi connectivity index (χ0n) is 28.8. The third-order valence-corrected chi connectivity index (χ3v) is 9.18. The molecule has 0 spiro atoms. The summed E-state index contributed by atoms with van der Waals surface area (Å²) in [5.41, 5.74) is 12.0. The lowest BCUT2D eigenvalue weighted by atomic mass is 9.98. The van der Waals surface area contributed by atoms with Gasteiger partial charge in [0.2, 0.25) is 0 Å². The van der Waals surface area contributed by atoms with E-state index < -0.39 is 0 Å². The van der Waals surface area contributed by atoms with Crippen LogP contribution in [0.1, 0.15) is 64.0 Å². The van der Waals surface area contributed by atoms with E-state index in [1.165, 1.54) is 22.3 Å². The Morgan fingerprint density at radius 1 is 0.920 bits per heavy atom. The summed E-state index contributed by atoms with van der Waals surface area (Å²) in [6, 6.07) is 30.0. The number of benzene rings is 2. The van der Waals surface area contributed by atoms with E-state index in [2.05, 4.69) is 95.3 Å². The third kappa shape index (κ3) is 8.76. The number of rotatable bonds is 15. The van der Waals surface area contributed by atoms with E-state index in [1.807, 2.05) is 19.2 Å². The minimum atomic E-state index is -0.298. The molecule has 0 aliphatic heterocycles. The molecule has 50 heavy (non-hydrogen) atoms. The molecule has 0 atom stereocenters. The van der Waals surface area contributed by atoms with Gasteiger partial charge in [0.15, 0.2) is 0 Å². The number of esters is 1. The van der Waals surface area contributed by atoms with Gasteiger partial charge >= 0.3 is 5.97 Å². The van der Waals surface area contributed by atoms with Crippen LogP contribution in [0.25, 0.3) is 22.5 Å². The maximum absolute atomic E-state index is 12.0. The van der Waals surface area contributed by atoms with Gasteiger partial charge in [0.1, 0.15) is 18.4 Å². The van der Waals surface area contributed by atoms with Gasteiger partial charge in [-0.2, -0.15) is 5.26 Å². The maximum Gasteiger partial charge on any atom is 0.306 e. The average Bonchev–Trinajstić information content (AvgIpc) is 3.62. The molecule has 0 N–H and O–H groups in total. The number of carbonyl (C=O) groups is 1. The maximum atomic E-state index is 12.0. The molecule has 3 heterocycles. The monoisotopic (exact) mass is 661 g/mol. The van der Waals surface area contributed by atoms with Crippen molar-refractivity contribution in [3.63, 3.8) is 0 Å². The summed E-state index contributed by atoms with van der Waals surface area (Å²) in [5.74, 6) is -0.298. The number of nitrogens with zero attached hydrogens (tertiary/aromatic N) is 5. The van der Waals surface area contributed by atoms with Crippen LogP contribution in [0.4, 0.5) is 0 Å². The van der Waals surface area contributed by atoms with Crippen molar-refractivity contribution in [1.29, 1.82) is 5.26 Å². The minimum Gasteiger partial charge on any atom is -0.461 e. The fourth-order valence-corrected chi connectivity index (χ4v) is 6.76. The Kier molecular flexibility index (Phi) is 11.5. The van der Waals surface area contributed by atoms with Crippen molar-refractivity contribution >= 4 is 5.97 Å². The smallest absolute Gasteiger partial charge is 0.306 e. The van der Waals surface area contributed by atoms with Crippen molar-refractivity contribution in [2.45, 2.75) is 65.0 Å². The van der Waals surface area contributed by atoms with Gasteiger partial charge in [-0.05, 0) is 104 Å². The average molecular weight is 662 g/mol. The van der Waals surface area contributed by atoms with Crippen molar-refractivity contribution in [3.05, 3.63) is 149 Å². The second-order valence-corrected chi connectivity index (χ2v) is 13.0. The van der Waals surface area contributed by atoms with E-state index in [9.17, 15) is 10.1 Å². The van der Waals surface area contributed by atoms with Crippen LogP contribution in [-0.4, -0.2) is 39.0 Å². The van der Waals surface area contributed by atoms with Gasteiger partial charge in [0, 0.05) is 48.7 Å². The number of hydrogen-bond donors (Lipinski definition) is 0. The van der Waals surface area contributed by atoms with Crippen LogP contribution in [-0.2, 0) is 48.3 Å². The zero-order chi connectivity index (χ0) is 34.7. The number of hydrogen-bond acceptors (Lipinski definition) is 7. The topological polar surface area (TPSA) is 92.0 Å². The molecule has 3 aromatic heterocycles. The van der Waals surface area contributed by atoms with Crippen molar-refractivity contribution < 1.29 is 9.53 Å². The van der Waals surface area contributed by atoms with E-state index in [4.69, 9.17) is 14.7 Å². The van der Waals surface area contributed by atoms with Crippen molar-refractivity contribution in [2.75, 3.05) is 13.2 Å². The van der Waals surface area contributed by atoms with Crippen LogP contribution >= 0.6 is 0 Å². The van der Waals surface area contributed by atoms with Gasteiger partial charge in [-0.3, -0.25) is 19.7 Å². The molecule has 0 amide bonds. The molecule has 1 aliphatic rings. The van der Waals surface area contributed by atoms with Crippen LogP contribution in [0.3, 0.4) is 0 Å². The first-order valence-corrected chi connectivity index (χ1v) is 17.5. The lowest BCUT2D eigenvalue weighted by molar-refractivity contribution is -0.142. The molecule has 7 heteroatoms. The Hall–Kier alpha value is -5.45. The summed E-state index contributed by atoms with van der Waals surface area (Å²) >= 11 is 0. The van der Waals surface area contributed by atoms with Crippen LogP contribution in [0.5, 0.6) is 0 Å². The Balaban J connectivity index is 1.20. The molecule has 1 aliphatic carbocycles. The number of ether oxygens (including phenoxy) is 1. The predicted octanol–water partition coefficient (Wildman–Crippen LogP) is 8.17. The Morgan fingerprint density at radius 3 is 2.34 bits per heavy atom. The highest BCUT2D eigenvalue weighted by Gasteiger charge is 2.21. The van der Waals surface area contributed by atoms with Gasteiger partial charge in [-0.15, -0.1) is 0 Å².